The number of nitrogens with zero attached hydrogens (tertiary/aromatic N) is 2. The highest BCUT2D eigenvalue weighted by Crippen LogP contribution is 2.28. The van der Waals surface area contributed by atoms with Crippen molar-refractivity contribution < 1.29 is 9.21 Å². The second-order valence-electron chi connectivity index (χ2n) is 6.39. The molecule has 130 valence electrons. The number of aromatic nitrogens is 1. The fraction of sp³-hybridized carbons (Fsp3) is 0.182. The molecule has 0 bridgehead atoms. The van der Waals surface area contributed by atoms with Gasteiger partial charge in [0.25, 0.3) is 5.91 Å². The van der Waals surface area contributed by atoms with Crippen molar-refractivity contribution in [1.82, 2.24) is 9.88 Å². The summed E-state index contributed by atoms with van der Waals surface area (Å²) in [7, 11) is 1.83. The van der Waals surface area contributed by atoms with E-state index in [4.69, 9.17) is 4.42 Å². The predicted molar refractivity (Wildman–Crippen MR) is 103 cm³/mol. The number of rotatable bonds is 4. The molecule has 0 saturated heterocycles. The number of carbonyl (C=O) groups excluding carboxylic acids is 1. The van der Waals surface area contributed by atoms with Crippen molar-refractivity contribution in [2.24, 2.45) is 0 Å². The second kappa shape index (κ2) is 6.64. The molecule has 0 fully saturated rings. The molecule has 4 nitrogen and oxygen atoms in total. The normalized spacial score (nSPS) is 11.2. The lowest BCUT2D eigenvalue weighted by atomic mass is 10.1. The first-order chi connectivity index (χ1) is 12.7. The third kappa shape index (κ3) is 2.73. The number of amides is 1. The van der Waals surface area contributed by atoms with Crippen LogP contribution in [0.1, 0.15) is 28.6 Å². The monoisotopic (exact) mass is 344 g/mol. The fourth-order valence-corrected chi connectivity index (χ4v) is 3.41. The minimum atomic E-state index is -0.0177. The molecule has 0 atom stereocenters. The quantitative estimate of drug-likeness (QED) is 0.533. The van der Waals surface area contributed by atoms with Crippen molar-refractivity contribution >= 4 is 27.8 Å². The Balaban J connectivity index is 1.70. The zero-order valence-electron chi connectivity index (χ0n) is 14.9. The van der Waals surface area contributed by atoms with E-state index < -0.39 is 0 Å². The Kier molecular flexibility index (Phi) is 4.17. The van der Waals surface area contributed by atoms with Crippen LogP contribution in [0.4, 0.5) is 0 Å². The Hall–Kier alpha value is -3.14. The molecule has 0 radical (unpaired) electrons. The Morgan fingerprint density at radius 2 is 1.77 bits per heavy atom. The van der Waals surface area contributed by atoms with Gasteiger partial charge in [-0.3, -0.25) is 9.78 Å². The van der Waals surface area contributed by atoms with E-state index in [-0.39, 0.29) is 5.91 Å². The summed E-state index contributed by atoms with van der Waals surface area (Å²) in [6.07, 6.45) is 2.48. The van der Waals surface area contributed by atoms with Crippen molar-refractivity contribution in [1.29, 1.82) is 0 Å². The van der Waals surface area contributed by atoms with Crippen LogP contribution in [0.15, 0.2) is 65.2 Å². The Morgan fingerprint density at radius 3 is 2.58 bits per heavy atom. The predicted octanol–water partition coefficient (Wildman–Crippen LogP) is 4.82. The van der Waals surface area contributed by atoms with Crippen LogP contribution in [-0.2, 0) is 13.0 Å². The minimum Gasteiger partial charge on any atom is -0.461 e. The van der Waals surface area contributed by atoms with Crippen LogP contribution in [0.25, 0.3) is 21.9 Å². The van der Waals surface area contributed by atoms with Crippen LogP contribution in [0.3, 0.4) is 0 Å². The van der Waals surface area contributed by atoms with Gasteiger partial charge >= 0.3 is 0 Å². The van der Waals surface area contributed by atoms with Gasteiger partial charge in [0.2, 0.25) is 0 Å². The van der Waals surface area contributed by atoms with Crippen LogP contribution in [-0.4, -0.2) is 22.8 Å². The number of para-hydroxylation sites is 2. The van der Waals surface area contributed by atoms with Gasteiger partial charge in [0, 0.05) is 42.5 Å². The summed E-state index contributed by atoms with van der Waals surface area (Å²) in [6, 6.07) is 17.5. The molecule has 0 N–H and O–H groups in total. The number of furan rings is 1. The zero-order chi connectivity index (χ0) is 18.1. The number of hydrogen-bond donors (Lipinski definition) is 0. The van der Waals surface area contributed by atoms with Gasteiger partial charge in [-0.2, -0.15) is 0 Å². The van der Waals surface area contributed by atoms with E-state index in [1.54, 1.807) is 17.2 Å². The molecule has 0 aliphatic heterocycles. The average Bonchev–Trinajstić information content (AvgIpc) is 3.04. The van der Waals surface area contributed by atoms with Crippen molar-refractivity contribution in [2.75, 3.05) is 7.05 Å². The van der Waals surface area contributed by atoms with Crippen molar-refractivity contribution in [3.05, 3.63) is 77.7 Å². The highest BCUT2D eigenvalue weighted by Gasteiger charge is 2.19. The highest BCUT2D eigenvalue weighted by atomic mass is 16.3. The largest absolute Gasteiger partial charge is 0.461 e. The summed E-state index contributed by atoms with van der Waals surface area (Å²) >= 11 is 0. The second-order valence-corrected chi connectivity index (χ2v) is 6.39. The van der Waals surface area contributed by atoms with Gasteiger partial charge in [-0.1, -0.05) is 43.3 Å². The third-order valence-corrected chi connectivity index (χ3v) is 4.72. The molecule has 26 heavy (non-hydrogen) atoms. The lowest BCUT2D eigenvalue weighted by Crippen LogP contribution is -2.26. The first-order valence-corrected chi connectivity index (χ1v) is 8.77. The molecule has 0 aliphatic rings. The number of aryl methyl sites for hydroxylation is 1. The Bertz CT molecular complexity index is 1090. The summed E-state index contributed by atoms with van der Waals surface area (Å²) in [6.45, 7) is 2.58. The smallest absolute Gasteiger partial charge is 0.254 e. The van der Waals surface area contributed by atoms with Gasteiger partial charge in [-0.25, -0.2) is 0 Å². The summed E-state index contributed by atoms with van der Waals surface area (Å²) in [5.41, 5.74) is 3.45. The van der Waals surface area contributed by atoms with E-state index in [1.165, 1.54) is 0 Å². The summed E-state index contributed by atoms with van der Waals surface area (Å²) in [5, 5.41) is 1.95. The highest BCUT2D eigenvalue weighted by molar-refractivity contribution is 6.05. The van der Waals surface area contributed by atoms with Gasteiger partial charge in [-0.05, 0) is 18.2 Å². The molecule has 0 aliphatic carbocycles. The van der Waals surface area contributed by atoms with Crippen molar-refractivity contribution in [2.45, 2.75) is 19.9 Å². The molecular formula is C22H20N2O2. The summed E-state index contributed by atoms with van der Waals surface area (Å²) in [5.74, 6) is 0.918. The first kappa shape index (κ1) is 16.3. The number of hydrogen-bond acceptors (Lipinski definition) is 3. The number of carbonyl (C=O) groups is 1. The summed E-state index contributed by atoms with van der Waals surface area (Å²) < 4.78 is 5.96. The van der Waals surface area contributed by atoms with Crippen molar-refractivity contribution in [3.8, 4) is 0 Å². The molecule has 2 heterocycles. The molecule has 4 rings (SSSR count). The maximum atomic E-state index is 13.1. The standard InChI is InChI=1S/C22H20N2O2/c1-3-20-18(16-9-5-7-11-21(16)26-20)14-24(2)22(25)17-12-13-23-19-10-6-4-8-15(17)19/h4-13H,3,14H2,1-2H3. The van der Waals surface area contributed by atoms with Crippen molar-refractivity contribution in [3.63, 3.8) is 0 Å². The zero-order valence-corrected chi connectivity index (χ0v) is 14.9. The fourth-order valence-electron chi connectivity index (χ4n) is 3.41. The number of benzene rings is 2. The van der Waals surface area contributed by atoms with Crippen LogP contribution >= 0.6 is 0 Å². The van der Waals surface area contributed by atoms with Crippen LogP contribution in [0, 0.1) is 0 Å². The number of fused-ring (bicyclic) bond motifs is 2. The van der Waals surface area contributed by atoms with Crippen LogP contribution in [0.2, 0.25) is 0 Å². The minimum absolute atomic E-state index is 0.0177. The van der Waals surface area contributed by atoms with E-state index in [0.29, 0.717) is 12.1 Å². The molecule has 2 aromatic heterocycles. The third-order valence-electron chi connectivity index (χ3n) is 4.72. The lowest BCUT2D eigenvalue weighted by molar-refractivity contribution is 0.0787. The lowest BCUT2D eigenvalue weighted by Gasteiger charge is -2.18. The van der Waals surface area contributed by atoms with Gasteiger partial charge in [0.1, 0.15) is 11.3 Å². The molecule has 4 heteroatoms. The SMILES string of the molecule is CCc1oc2ccccc2c1CN(C)C(=O)c1ccnc2ccccc12. The maximum absolute atomic E-state index is 13.1. The first-order valence-electron chi connectivity index (χ1n) is 8.77. The van der Waals surface area contributed by atoms with Gasteiger partial charge in [0.05, 0.1) is 11.1 Å². The molecule has 4 aromatic rings. The molecule has 0 unspecified atom stereocenters. The maximum Gasteiger partial charge on any atom is 0.254 e. The Morgan fingerprint density at radius 1 is 1.04 bits per heavy atom. The van der Waals surface area contributed by atoms with Crippen LogP contribution < -0.4 is 0 Å². The average molecular weight is 344 g/mol. The van der Waals surface area contributed by atoms with Gasteiger partial charge in [0.15, 0.2) is 0 Å². The topological polar surface area (TPSA) is 46.3 Å². The Labute approximate surface area is 152 Å². The molecule has 0 spiro atoms. The molecule has 1 amide bonds. The van der Waals surface area contributed by atoms with E-state index in [9.17, 15) is 4.79 Å². The number of pyridine rings is 1. The molecule has 2 aromatic carbocycles. The van der Waals surface area contributed by atoms with Gasteiger partial charge in [-0.15, -0.1) is 0 Å². The van der Waals surface area contributed by atoms with Gasteiger partial charge < -0.3 is 9.32 Å². The summed E-state index contributed by atoms with van der Waals surface area (Å²) in [4.78, 5) is 19.2. The van der Waals surface area contributed by atoms with Crippen LogP contribution in [0.5, 0.6) is 0 Å². The molecular weight excluding hydrogens is 324 g/mol. The van der Waals surface area contributed by atoms with E-state index >= 15 is 0 Å². The van der Waals surface area contributed by atoms with E-state index in [1.807, 2.05) is 55.6 Å². The van der Waals surface area contributed by atoms with E-state index in [0.717, 1.165) is 39.6 Å². The van der Waals surface area contributed by atoms with E-state index in [2.05, 4.69) is 11.9 Å². The molecule has 0 saturated carbocycles.